The van der Waals surface area contributed by atoms with E-state index in [4.69, 9.17) is 4.74 Å². The van der Waals surface area contributed by atoms with Crippen molar-refractivity contribution in [2.75, 3.05) is 20.2 Å². The maximum absolute atomic E-state index is 12.4. The molecule has 0 aromatic carbocycles. The van der Waals surface area contributed by atoms with E-state index < -0.39 is 11.4 Å². The summed E-state index contributed by atoms with van der Waals surface area (Å²) in [6.07, 6.45) is 2.49. The standard InChI is InChI=1S/C13H17NO4/c1-3-18-12(17)13-6-4-10(15)8-9(13)5-7-14(2)11(13)16/h8H,3-7H2,1-2H3. The Kier molecular flexibility index (Phi) is 3.24. The predicted octanol–water partition coefficient (Wildman–Crippen LogP) is 0.687. The lowest BCUT2D eigenvalue weighted by atomic mass is 9.68. The van der Waals surface area contributed by atoms with Gasteiger partial charge < -0.3 is 9.64 Å². The number of ketones is 1. The number of piperidine rings is 1. The van der Waals surface area contributed by atoms with Crippen molar-refractivity contribution in [2.45, 2.75) is 26.2 Å². The lowest BCUT2D eigenvalue weighted by Gasteiger charge is -2.41. The van der Waals surface area contributed by atoms with E-state index in [0.29, 0.717) is 18.5 Å². The third-order valence-corrected chi connectivity index (χ3v) is 3.68. The van der Waals surface area contributed by atoms with E-state index >= 15 is 0 Å². The number of carbonyl (C=O) groups excluding carboxylic acids is 3. The molecule has 5 heteroatoms. The smallest absolute Gasteiger partial charge is 0.325 e. The first-order chi connectivity index (χ1) is 8.52. The van der Waals surface area contributed by atoms with Crippen LogP contribution >= 0.6 is 0 Å². The van der Waals surface area contributed by atoms with Crippen LogP contribution in [0, 0.1) is 5.41 Å². The monoisotopic (exact) mass is 251 g/mol. The Labute approximate surface area is 106 Å². The van der Waals surface area contributed by atoms with Gasteiger partial charge in [0.25, 0.3) is 0 Å². The van der Waals surface area contributed by atoms with Gasteiger partial charge in [0.2, 0.25) is 5.91 Å². The van der Waals surface area contributed by atoms with E-state index in [2.05, 4.69) is 0 Å². The second-order valence-electron chi connectivity index (χ2n) is 4.74. The van der Waals surface area contributed by atoms with Crippen LogP contribution in [0.3, 0.4) is 0 Å². The summed E-state index contributed by atoms with van der Waals surface area (Å²) in [5.41, 5.74) is -0.614. The average molecular weight is 251 g/mol. The molecule has 18 heavy (non-hydrogen) atoms. The number of fused-ring (bicyclic) bond motifs is 1. The normalized spacial score (nSPS) is 27.7. The zero-order valence-electron chi connectivity index (χ0n) is 10.7. The van der Waals surface area contributed by atoms with Gasteiger partial charge in [-0.2, -0.15) is 0 Å². The van der Waals surface area contributed by atoms with Crippen molar-refractivity contribution < 1.29 is 19.1 Å². The minimum atomic E-state index is -1.24. The lowest BCUT2D eigenvalue weighted by molar-refractivity contribution is -0.164. The molecule has 1 aliphatic heterocycles. The van der Waals surface area contributed by atoms with Crippen LogP contribution in [0.4, 0.5) is 0 Å². The number of amides is 1. The molecular weight excluding hydrogens is 234 g/mol. The Hall–Kier alpha value is -1.65. The number of nitrogens with zero attached hydrogens (tertiary/aromatic N) is 1. The summed E-state index contributed by atoms with van der Waals surface area (Å²) in [6, 6.07) is 0. The molecule has 0 spiro atoms. The molecule has 2 rings (SSSR count). The van der Waals surface area contributed by atoms with Gasteiger partial charge >= 0.3 is 5.97 Å². The Bertz CT molecular complexity index is 440. The molecule has 98 valence electrons. The van der Waals surface area contributed by atoms with Gasteiger partial charge in [-0.1, -0.05) is 0 Å². The molecule has 1 saturated heterocycles. The molecule has 0 saturated carbocycles. The van der Waals surface area contributed by atoms with Gasteiger partial charge in [-0.05, 0) is 31.4 Å². The molecule has 1 amide bonds. The molecule has 1 atom stereocenters. The van der Waals surface area contributed by atoms with Crippen LogP contribution in [-0.2, 0) is 19.1 Å². The topological polar surface area (TPSA) is 63.7 Å². The van der Waals surface area contributed by atoms with Gasteiger partial charge in [0.15, 0.2) is 11.2 Å². The summed E-state index contributed by atoms with van der Waals surface area (Å²) < 4.78 is 5.06. The molecule has 0 aromatic heterocycles. The third-order valence-electron chi connectivity index (χ3n) is 3.68. The van der Waals surface area contributed by atoms with Gasteiger partial charge in [0, 0.05) is 20.0 Å². The van der Waals surface area contributed by atoms with Crippen LogP contribution in [0.5, 0.6) is 0 Å². The fourth-order valence-electron chi connectivity index (χ4n) is 2.68. The first-order valence-corrected chi connectivity index (χ1v) is 6.19. The van der Waals surface area contributed by atoms with E-state index in [-0.39, 0.29) is 31.1 Å². The molecule has 0 bridgehead atoms. The van der Waals surface area contributed by atoms with Crippen LogP contribution in [-0.4, -0.2) is 42.8 Å². The Morgan fingerprint density at radius 1 is 1.44 bits per heavy atom. The highest BCUT2D eigenvalue weighted by Crippen LogP contribution is 2.43. The summed E-state index contributed by atoms with van der Waals surface area (Å²) in [7, 11) is 1.68. The zero-order chi connectivity index (χ0) is 13.3. The Balaban J connectivity index is 2.47. The Morgan fingerprint density at radius 2 is 2.17 bits per heavy atom. The molecule has 0 aromatic rings. The summed E-state index contributed by atoms with van der Waals surface area (Å²) in [4.78, 5) is 37.6. The fraction of sp³-hybridized carbons (Fsp3) is 0.615. The molecule has 0 N–H and O–H groups in total. The highest BCUT2D eigenvalue weighted by molar-refractivity contribution is 6.10. The van der Waals surface area contributed by atoms with Crippen molar-refractivity contribution in [3.63, 3.8) is 0 Å². The second kappa shape index (κ2) is 4.55. The van der Waals surface area contributed by atoms with Crippen molar-refractivity contribution in [2.24, 2.45) is 5.41 Å². The summed E-state index contributed by atoms with van der Waals surface area (Å²) in [5, 5.41) is 0. The molecule has 0 radical (unpaired) electrons. The number of hydrogen-bond donors (Lipinski definition) is 0. The van der Waals surface area contributed by atoms with Crippen LogP contribution in [0.2, 0.25) is 0 Å². The lowest BCUT2D eigenvalue weighted by Crippen LogP contribution is -2.54. The maximum atomic E-state index is 12.4. The van der Waals surface area contributed by atoms with Crippen LogP contribution < -0.4 is 0 Å². The first-order valence-electron chi connectivity index (χ1n) is 6.19. The van der Waals surface area contributed by atoms with Gasteiger partial charge in [-0.3, -0.25) is 14.4 Å². The molecule has 1 aliphatic carbocycles. The van der Waals surface area contributed by atoms with Crippen LogP contribution in [0.25, 0.3) is 0 Å². The quantitative estimate of drug-likeness (QED) is 0.535. The van der Waals surface area contributed by atoms with Crippen molar-refractivity contribution in [1.29, 1.82) is 0 Å². The Morgan fingerprint density at radius 3 is 2.83 bits per heavy atom. The number of esters is 1. The van der Waals surface area contributed by atoms with E-state index in [1.165, 1.54) is 6.08 Å². The number of carbonyl (C=O) groups is 3. The van der Waals surface area contributed by atoms with Gasteiger partial charge in [0.05, 0.1) is 6.61 Å². The van der Waals surface area contributed by atoms with Crippen molar-refractivity contribution >= 4 is 17.7 Å². The number of allylic oxidation sites excluding steroid dienone is 1. The highest BCUT2D eigenvalue weighted by Gasteiger charge is 2.55. The highest BCUT2D eigenvalue weighted by atomic mass is 16.5. The van der Waals surface area contributed by atoms with Crippen molar-refractivity contribution in [1.82, 2.24) is 4.90 Å². The minimum absolute atomic E-state index is 0.0118. The average Bonchev–Trinajstić information content (AvgIpc) is 2.34. The minimum Gasteiger partial charge on any atom is -0.465 e. The van der Waals surface area contributed by atoms with Crippen LogP contribution in [0.1, 0.15) is 26.2 Å². The molecule has 1 unspecified atom stereocenters. The maximum Gasteiger partial charge on any atom is 0.325 e. The number of hydrogen-bond acceptors (Lipinski definition) is 4. The largest absolute Gasteiger partial charge is 0.465 e. The van der Waals surface area contributed by atoms with Crippen molar-refractivity contribution in [3.8, 4) is 0 Å². The second-order valence-corrected chi connectivity index (χ2v) is 4.74. The summed E-state index contributed by atoms with van der Waals surface area (Å²) in [6.45, 7) is 2.49. The SMILES string of the molecule is CCOC(=O)C12CCC(=O)C=C1CCN(C)C2=O. The zero-order valence-corrected chi connectivity index (χ0v) is 10.7. The molecule has 5 nitrogen and oxygen atoms in total. The predicted molar refractivity (Wildman–Crippen MR) is 63.6 cm³/mol. The molecule has 1 heterocycles. The number of likely N-dealkylation sites (tertiary alicyclic amines) is 1. The van der Waals surface area contributed by atoms with E-state index in [1.54, 1.807) is 18.9 Å². The third kappa shape index (κ3) is 1.74. The van der Waals surface area contributed by atoms with Crippen molar-refractivity contribution in [3.05, 3.63) is 11.6 Å². The fourth-order valence-corrected chi connectivity index (χ4v) is 2.68. The molecule has 1 fully saturated rings. The van der Waals surface area contributed by atoms with E-state index in [1.807, 2.05) is 0 Å². The summed E-state index contributed by atoms with van der Waals surface area (Å²) >= 11 is 0. The van der Waals surface area contributed by atoms with Crippen LogP contribution in [0.15, 0.2) is 11.6 Å². The number of ether oxygens (including phenoxy) is 1. The van der Waals surface area contributed by atoms with E-state index in [0.717, 1.165) is 0 Å². The molecule has 2 aliphatic rings. The van der Waals surface area contributed by atoms with Gasteiger partial charge in [-0.15, -0.1) is 0 Å². The summed E-state index contributed by atoms with van der Waals surface area (Å²) in [5.74, 6) is -0.770. The first kappa shape index (κ1) is 12.8. The van der Waals surface area contributed by atoms with Gasteiger partial charge in [0.1, 0.15) is 0 Å². The molecular formula is C13H17NO4. The van der Waals surface area contributed by atoms with E-state index in [9.17, 15) is 14.4 Å². The van der Waals surface area contributed by atoms with Gasteiger partial charge in [-0.25, -0.2) is 0 Å². The number of rotatable bonds is 2.